The topological polar surface area (TPSA) is 39.7 Å². The molecule has 5 nitrogen and oxygen atoms in total. The summed E-state index contributed by atoms with van der Waals surface area (Å²) in [6, 6.07) is 7.99. The maximum atomic E-state index is 12.4. The summed E-state index contributed by atoms with van der Waals surface area (Å²) in [7, 11) is 0. The van der Waals surface area contributed by atoms with Gasteiger partial charge in [-0.3, -0.25) is 4.79 Å². The lowest BCUT2D eigenvalue weighted by atomic mass is 10.2. The first-order valence-corrected chi connectivity index (χ1v) is 9.97. The second-order valence-electron chi connectivity index (χ2n) is 6.47. The van der Waals surface area contributed by atoms with E-state index in [1.165, 1.54) is 0 Å². The van der Waals surface area contributed by atoms with Crippen LogP contribution in [0.3, 0.4) is 0 Å². The molecule has 0 N–H and O–H groups in total. The Hall–Kier alpha value is -1.79. The number of carbonyl (C=O) groups is 1. The molecule has 0 aliphatic carbocycles. The molecule has 0 atom stereocenters. The van der Waals surface area contributed by atoms with E-state index in [4.69, 9.17) is 11.6 Å². The molecule has 0 unspecified atom stereocenters. The number of likely N-dealkylation sites (tertiary alicyclic amines) is 1. The fourth-order valence-electron chi connectivity index (χ4n) is 3.42. The molecular weight excluding hydrogens is 356 g/mol. The highest BCUT2D eigenvalue weighted by atomic mass is 35.5. The third-order valence-corrected chi connectivity index (χ3v) is 5.96. The molecule has 2 saturated heterocycles. The van der Waals surface area contributed by atoms with E-state index in [0.717, 1.165) is 68.0 Å². The molecule has 2 fully saturated rings. The number of rotatable bonds is 3. The number of benzene rings is 1. The second kappa shape index (κ2) is 7.22. The number of hydrogen-bond acceptors (Lipinski definition) is 5. The predicted molar refractivity (Wildman–Crippen MR) is 103 cm³/mol. The van der Waals surface area contributed by atoms with Gasteiger partial charge < -0.3 is 14.7 Å². The van der Waals surface area contributed by atoms with Gasteiger partial charge in [-0.2, -0.15) is 0 Å². The maximum Gasteiger partial charge on any atom is 0.273 e. The average Bonchev–Trinajstić information content (AvgIpc) is 3.33. The largest absolute Gasteiger partial charge is 0.368 e. The SMILES string of the molecule is O=C(c1csc(N2CCN(c3cccc(Cl)c3)CC2)n1)N1CCCC1. The van der Waals surface area contributed by atoms with Gasteiger partial charge in [-0.15, -0.1) is 11.3 Å². The molecule has 1 aromatic carbocycles. The highest BCUT2D eigenvalue weighted by Crippen LogP contribution is 2.26. The minimum atomic E-state index is 0.0811. The standard InChI is InChI=1S/C18H21ClN4OS/c19-14-4-3-5-15(12-14)21-8-10-23(11-9-21)18-20-16(13-25-18)17(24)22-6-1-2-7-22/h3-5,12-13H,1-2,6-11H2. The lowest BCUT2D eigenvalue weighted by Gasteiger charge is -2.36. The number of halogens is 1. The molecule has 1 aromatic heterocycles. The van der Waals surface area contributed by atoms with Gasteiger partial charge >= 0.3 is 0 Å². The molecule has 4 rings (SSSR count). The van der Waals surface area contributed by atoms with Crippen molar-refractivity contribution in [1.82, 2.24) is 9.88 Å². The zero-order valence-corrected chi connectivity index (χ0v) is 15.6. The van der Waals surface area contributed by atoms with Gasteiger partial charge in [0.25, 0.3) is 5.91 Å². The summed E-state index contributed by atoms with van der Waals surface area (Å²) < 4.78 is 0. The van der Waals surface area contributed by atoms with Gasteiger partial charge in [0, 0.05) is 55.4 Å². The Labute approximate surface area is 156 Å². The van der Waals surface area contributed by atoms with E-state index in [9.17, 15) is 4.79 Å². The lowest BCUT2D eigenvalue weighted by molar-refractivity contribution is 0.0788. The Bertz CT molecular complexity index is 751. The van der Waals surface area contributed by atoms with Gasteiger partial charge in [-0.05, 0) is 31.0 Å². The van der Waals surface area contributed by atoms with Crippen molar-refractivity contribution < 1.29 is 4.79 Å². The fourth-order valence-corrected chi connectivity index (χ4v) is 4.46. The average molecular weight is 377 g/mol. The van der Waals surface area contributed by atoms with E-state index < -0.39 is 0 Å². The van der Waals surface area contributed by atoms with Crippen molar-refractivity contribution in [3.63, 3.8) is 0 Å². The number of carbonyl (C=O) groups excluding carboxylic acids is 1. The van der Waals surface area contributed by atoms with E-state index in [-0.39, 0.29) is 5.91 Å². The van der Waals surface area contributed by atoms with Crippen molar-refractivity contribution in [3.8, 4) is 0 Å². The number of thiazole rings is 1. The first kappa shape index (κ1) is 16.7. The minimum Gasteiger partial charge on any atom is -0.368 e. The Morgan fingerprint density at radius 3 is 2.48 bits per heavy atom. The summed E-state index contributed by atoms with van der Waals surface area (Å²) >= 11 is 7.66. The normalized spacial score (nSPS) is 18.0. The van der Waals surface area contributed by atoms with Gasteiger partial charge in [0.05, 0.1) is 0 Å². The summed E-state index contributed by atoms with van der Waals surface area (Å²) in [6.07, 6.45) is 2.21. The number of piperazine rings is 1. The molecule has 2 aliphatic heterocycles. The van der Waals surface area contributed by atoms with Crippen molar-refractivity contribution >= 4 is 39.7 Å². The van der Waals surface area contributed by atoms with Crippen LogP contribution in [0.2, 0.25) is 5.02 Å². The number of amides is 1. The zero-order chi connectivity index (χ0) is 17.2. The van der Waals surface area contributed by atoms with Crippen molar-refractivity contribution in [2.45, 2.75) is 12.8 Å². The maximum absolute atomic E-state index is 12.4. The molecule has 132 valence electrons. The Balaban J connectivity index is 1.39. The number of nitrogens with zero attached hydrogens (tertiary/aromatic N) is 4. The summed E-state index contributed by atoms with van der Waals surface area (Å²) in [4.78, 5) is 23.6. The van der Waals surface area contributed by atoms with Crippen LogP contribution in [-0.4, -0.2) is 55.1 Å². The van der Waals surface area contributed by atoms with E-state index in [2.05, 4.69) is 20.9 Å². The van der Waals surface area contributed by atoms with Crippen LogP contribution in [0.5, 0.6) is 0 Å². The molecular formula is C18H21ClN4OS. The third-order valence-electron chi connectivity index (χ3n) is 4.83. The first-order valence-electron chi connectivity index (χ1n) is 8.71. The van der Waals surface area contributed by atoms with Crippen LogP contribution >= 0.6 is 22.9 Å². The number of anilines is 2. The van der Waals surface area contributed by atoms with Crippen LogP contribution < -0.4 is 9.80 Å². The van der Waals surface area contributed by atoms with Crippen LogP contribution in [0.1, 0.15) is 23.3 Å². The van der Waals surface area contributed by atoms with Gasteiger partial charge in [0.1, 0.15) is 5.69 Å². The van der Waals surface area contributed by atoms with Gasteiger partial charge in [-0.1, -0.05) is 17.7 Å². The van der Waals surface area contributed by atoms with E-state index in [1.54, 1.807) is 11.3 Å². The Morgan fingerprint density at radius 2 is 1.76 bits per heavy atom. The first-order chi connectivity index (χ1) is 12.2. The minimum absolute atomic E-state index is 0.0811. The molecule has 25 heavy (non-hydrogen) atoms. The quantitative estimate of drug-likeness (QED) is 0.823. The number of hydrogen-bond donors (Lipinski definition) is 0. The number of aromatic nitrogens is 1. The van der Waals surface area contributed by atoms with Gasteiger partial charge in [-0.25, -0.2) is 4.98 Å². The molecule has 0 spiro atoms. The molecule has 0 bridgehead atoms. The van der Waals surface area contributed by atoms with Crippen LogP contribution in [0, 0.1) is 0 Å². The van der Waals surface area contributed by atoms with Gasteiger partial charge in [0.2, 0.25) is 0 Å². The Morgan fingerprint density at radius 1 is 1.04 bits per heavy atom. The van der Waals surface area contributed by atoms with Crippen LogP contribution in [0.25, 0.3) is 0 Å². The highest BCUT2D eigenvalue weighted by molar-refractivity contribution is 7.13. The summed E-state index contributed by atoms with van der Waals surface area (Å²) in [6.45, 7) is 5.38. The molecule has 0 saturated carbocycles. The van der Waals surface area contributed by atoms with Crippen molar-refractivity contribution in [2.75, 3.05) is 49.1 Å². The van der Waals surface area contributed by atoms with Crippen molar-refractivity contribution in [2.24, 2.45) is 0 Å². The molecule has 0 radical (unpaired) electrons. The zero-order valence-electron chi connectivity index (χ0n) is 14.0. The predicted octanol–water partition coefficient (Wildman–Crippen LogP) is 3.36. The van der Waals surface area contributed by atoms with E-state index in [1.807, 2.05) is 28.5 Å². The molecule has 2 aliphatic rings. The van der Waals surface area contributed by atoms with Crippen molar-refractivity contribution in [3.05, 3.63) is 40.4 Å². The van der Waals surface area contributed by atoms with Crippen LogP contribution in [-0.2, 0) is 0 Å². The van der Waals surface area contributed by atoms with Crippen molar-refractivity contribution in [1.29, 1.82) is 0 Å². The highest BCUT2D eigenvalue weighted by Gasteiger charge is 2.24. The fraction of sp³-hybridized carbons (Fsp3) is 0.444. The van der Waals surface area contributed by atoms with E-state index in [0.29, 0.717) is 5.69 Å². The summed E-state index contributed by atoms with van der Waals surface area (Å²) in [5.74, 6) is 0.0811. The molecule has 3 heterocycles. The summed E-state index contributed by atoms with van der Waals surface area (Å²) in [5.41, 5.74) is 1.76. The van der Waals surface area contributed by atoms with Crippen LogP contribution in [0.15, 0.2) is 29.6 Å². The Kier molecular flexibility index (Phi) is 4.81. The smallest absolute Gasteiger partial charge is 0.273 e. The molecule has 2 aromatic rings. The van der Waals surface area contributed by atoms with Crippen LogP contribution in [0.4, 0.5) is 10.8 Å². The molecule has 1 amide bonds. The van der Waals surface area contributed by atoms with E-state index >= 15 is 0 Å². The second-order valence-corrected chi connectivity index (χ2v) is 7.74. The third kappa shape index (κ3) is 3.60. The lowest BCUT2D eigenvalue weighted by Crippen LogP contribution is -2.46. The monoisotopic (exact) mass is 376 g/mol. The van der Waals surface area contributed by atoms with Gasteiger partial charge in [0.15, 0.2) is 5.13 Å². The molecule has 7 heteroatoms. The summed E-state index contributed by atoms with van der Waals surface area (Å²) in [5, 5.41) is 3.62.